The molecule has 0 bridgehead atoms. The van der Waals surface area contributed by atoms with Crippen molar-refractivity contribution in [3.63, 3.8) is 0 Å². The Labute approximate surface area is 169 Å². The number of alkyl halides is 2. The Morgan fingerprint density at radius 1 is 1.07 bits per heavy atom. The Hall–Kier alpha value is -2.33. The van der Waals surface area contributed by atoms with Crippen LogP contribution in [0.5, 0.6) is 5.75 Å². The Balaban J connectivity index is 1.83. The number of nitrogens with one attached hydrogen (secondary N) is 1. The highest BCUT2D eigenvalue weighted by molar-refractivity contribution is 9.10. The zero-order chi connectivity index (χ0) is 19.0. The van der Waals surface area contributed by atoms with Gasteiger partial charge in [0.25, 0.3) is 0 Å². The van der Waals surface area contributed by atoms with Crippen LogP contribution in [0, 0.1) is 0 Å². The Morgan fingerprint density at radius 2 is 1.81 bits per heavy atom. The highest BCUT2D eigenvalue weighted by atomic mass is 79.9. The number of allylic oxidation sites excluding steroid dienone is 1. The minimum absolute atomic E-state index is 0.0629. The van der Waals surface area contributed by atoms with E-state index < -0.39 is 12.7 Å². The summed E-state index contributed by atoms with van der Waals surface area (Å²) in [5, 5.41) is 14.8. The minimum Gasteiger partial charge on any atom is -0.434 e. The number of ether oxygens (including phenoxy) is 1. The van der Waals surface area contributed by atoms with Crippen LogP contribution in [0.25, 0.3) is 5.70 Å². The molecule has 138 valence electrons. The molecule has 0 saturated heterocycles. The molecule has 0 amide bonds. The Kier molecular flexibility index (Phi) is 4.92. The number of rotatable bonds is 4. The third kappa shape index (κ3) is 3.72. The van der Waals surface area contributed by atoms with Crippen molar-refractivity contribution in [2.45, 2.75) is 12.7 Å². The molecule has 0 aliphatic carbocycles. The van der Waals surface area contributed by atoms with E-state index >= 15 is 0 Å². The molecule has 4 rings (SSSR count). The van der Waals surface area contributed by atoms with Crippen molar-refractivity contribution in [3.8, 4) is 5.75 Å². The maximum atomic E-state index is 12.9. The molecule has 10 heteroatoms. The largest absolute Gasteiger partial charge is 0.434 e. The number of fused-ring (bicyclic) bond motifs is 1. The van der Waals surface area contributed by atoms with Gasteiger partial charge in [0.15, 0.2) is 0 Å². The van der Waals surface area contributed by atoms with E-state index in [-0.39, 0.29) is 5.75 Å². The van der Waals surface area contributed by atoms with E-state index in [2.05, 4.69) is 52.7 Å². The summed E-state index contributed by atoms with van der Waals surface area (Å²) < 4.78 is 33.6. The van der Waals surface area contributed by atoms with Crippen molar-refractivity contribution in [1.82, 2.24) is 20.2 Å². The van der Waals surface area contributed by atoms with Gasteiger partial charge in [0.2, 0.25) is 5.95 Å². The molecule has 1 aromatic heterocycles. The number of benzene rings is 2. The van der Waals surface area contributed by atoms with Gasteiger partial charge in [-0.2, -0.15) is 13.5 Å². The van der Waals surface area contributed by atoms with Crippen molar-refractivity contribution in [3.05, 3.63) is 68.6 Å². The first-order valence-corrected chi connectivity index (χ1v) is 9.37. The lowest BCUT2D eigenvalue weighted by Gasteiger charge is -2.25. The van der Waals surface area contributed by atoms with E-state index in [4.69, 9.17) is 4.74 Å². The smallest absolute Gasteiger partial charge is 0.387 e. The van der Waals surface area contributed by atoms with Crippen LogP contribution < -0.4 is 10.1 Å². The highest BCUT2D eigenvalue weighted by Gasteiger charge is 2.27. The van der Waals surface area contributed by atoms with E-state index in [1.807, 2.05) is 30.3 Å². The maximum Gasteiger partial charge on any atom is 0.387 e. The van der Waals surface area contributed by atoms with Gasteiger partial charge in [-0.15, -0.1) is 0 Å². The van der Waals surface area contributed by atoms with Gasteiger partial charge in [-0.1, -0.05) is 49.1 Å². The van der Waals surface area contributed by atoms with Crippen LogP contribution in [0.4, 0.5) is 14.7 Å². The van der Waals surface area contributed by atoms with Crippen LogP contribution in [0.15, 0.2) is 57.5 Å². The first-order chi connectivity index (χ1) is 13.0. The summed E-state index contributed by atoms with van der Waals surface area (Å²) >= 11 is 6.79. The first-order valence-electron chi connectivity index (χ1n) is 7.78. The number of hydrogen-bond acceptors (Lipinski definition) is 5. The summed E-state index contributed by atoms with van der Waals surface area (Å²) in [6, 6.07) is 12.0. The standard InChI is InChI=1S/C17H11Br2F2N5O/c18-10-3-1-9(2-4-10)13-8-14(26-17(22-13)23-24-25-26)12-7-11(19)5-6-15(12)27-16(20)21/h1-8,14,16H,(H,22,23,25). The number of nitrogens with zero attached hydrogens (tertiary/aromatic N) is 4. The van der Waals surface area contributed by atoms with Crippen molar-refractivity contribution in [2.24, 2.45) is 0 Å². The average molecular weight is 499 g/mol. The predicted molar refractivity (Wildman–Crippen MR) is 102 cm³/mol. The molecule has 0 fully saturated rings. The summed E-state index contributed by atoms with van der Waals surface area (Å²) in [6.07, 6.45) is 1.87. The second-order valence-electron chi connectivity index (χ2n) is 5.66. The van der Waals surface area contributed by atoms with Crippen LogP contribution in [-0.2, 0) is 0 Å². The van der Waals surface area contributed by atoms with Gasteiger partial charge in [0.05, 0.1) is 0 Å². The lowest BCUT2D eigenvalue weighted by Crippen LogP contribution is -2.21. The fraction of sp³-hybridized carbons (Fsp3) is 0.118. The normalized spacial score (nSPS) is 15.9. The van der Waals surface area contributed by atoms with Gasteiger partial charge >= 0.3 is 6.61 Å². The van der Waals surface area contributed by atoms with Gasteiger partial charge in [-0.3, -0.25) is 0 Å². The van der Waals surface area contributed by atoms with Crippen LogP contribution in [0.2, 0.25) is 0 Å². The second kappa shape index (κ2) is 7.35. The van der Waals surface area contributed by atoms with Gasteiger partial charge in [0.1, 0.15) is 11.8 Å². The molecule has 0 radical (unpaired) electrons. The van der Waals surface area contributed by atoms with Crippen LogP contribution in [-0.4, -0.2) is 26.8 Å². The van der Waals surface area contributed by atoms with Gasteiger partial charge in [-0.05, 0) is 52.4 Å². The van der Waals surface area contributed by atoms with Gasteiger partial charge < -0.3 is 10.1 Å². The SMILES string of the molecule is FC(F)Oc1ccc(Br)cc1C1C=C(c2ccc(Br)cc2)Nc2nnnn21. The fourth-order valence-electron chi connectivity index (χ4n) is 2.83. The summed E-state index contributed by atoms with van der Waals surface area (Å²) in [5.74, 6) is 0.469. The molecule has 2 aromatic carbocycles. The summed E-state index contributed by atoms with van der Waals surface area (Å²) in [4.78, 5) is 0. The highest BCUT2D eigenvalue weighted by Crippen LogP contribution is 2.37. The molecule has 1 unspecified atom stereocenters. The summed E-state index contributed by atoms with van der Waals surface area (Å²) in [5.41, 5.74) is 2.18. The molecular formula is C17H11Br2F2N5O. The molecule has 1 aliphatic rings. The average Bonchev–Trinajstić information content (AvgIpc) is 3.11. The zero-order valence-corrected chi connectivity index (χ0v) is 16.7. The molecular weight excluding hydrogens is 488 g/mol. The van der Waals surface area contributed by atoms with Crippen LogP contribution in [0.3, 0.4) is 0 Å². The third-order valence-corrected chi connectivity index (χ3v) is 5.01. The molecule has 3 aromatic rings. The molecule has 1 aliphatic heterocycles. The molecule has 1 N–H and O–H groups in total. The molecule has 0 spiro atoms. The van der Waals surface area contributed by atoms with E-state index in [0.29, 0.717) is 11.5 Å². The lowest BCUT2D eigenvalue weighted by molar-refractivity contribution is -0.0506. The van der Waals surface area contributed by atoms with Crippen molar-refractivity contribution < 1.29 is 13.5 Å². The topological polar surface area (TPSA) is 64.9 Å². The van der Waals surface area contributed by atoms with Crippen molar-refractivity contribution in [2.75, 3.05) is 5.32 Å². The quantitative estimate of drug-likeness (QED) is 0.556. The maximum absolute atomic E-state index is 12.9. The predicted octanol–water partition coefficient (Wildman–Crippen LogP) is 4.86. The second-order valence-corrected chi connectivity index (χ2v) is 7.50. The number of halogens is 4. The van der Waals surface area contributed by atoms with E-state index in [0.717, 1.165) is 20.2 Å². The number of anilines is 1. The zero-order valence-electron chi connectivity index (χ0n) is 13.5. The Bertz CT molecular complexity index is 1010. The van der Waals surface area contributed by atoms with Gasteiger partial charge in [0, 0.05) is 20.2 Å². The van der Waals surface area contributed by atoms with Crippen molar-refractivity contribution in [1.29, 1.82) is 0 Å². The first kappa shape index (κ1) is 18.1. The summed E-state index contributed by atoms with van der Waals surface area (Å²) in [6.45, 7) is -2.94. The molecule has 1 atom stereocenters. The monoisotopic (exact) mass is 497 g/mol. The number of hydrogen-bond donors (Lipinski definition) is 1. The fourth-order valence-corrected chi connectivity index (χ4v) is 3.47. The third-order valence-electron chi connectivity index (χ3n) is 3.99. The lowest BCUT2D eigenvalue weighted by atomic mass is 10.0. The summed E-state index contributed by atoms with van der Waals surface area (Å²) in [7, 11) is 0. The van der Waals surface area contributed by atoms with Gasteiger partial charge in [-0.25, -0.2) is 0 Å². The number of tetrazole rings is 1. The minimum atomic E-state index is -2.94. The molecule has 27 heavy (non-hydrogen) atoms. The van der Waals surface area contributed by atoms with E-state index in [1.54, 1.807) is 12.1 Å². The molecule has 2 heterocycles. The van der Waals surface area contributed by atoms with E-state index in [9.17, 15) is 8.78 Å². The van der Waals surface area contributed by atoms with Crippen molar-refractivity contribution >= 4 is 43.5 Å². The molecule has 0 saturated carbocycles. The van der Waals surface area contributed by atoms with Crippen LogP contribution in [0.1, 0.15) is 17.2 Å². The Morgan fingerprint density at radius 3 is 2.56 bits per heavy atom. The molecule has 6 nitrogen and oxygen atoms in total. The van der Waals surface area contributed by atoms with Crippen LogP contribution >= 0.6 is 31.9 Å². The number of aromatic nitrogens is 4. The van der Waals surface area contributed by atoms with E-state index in [1.165, 1.54) is 10.7 Å².